The van der Waals surface area contributed by atoms with Gasteiger partial charge in [-0.15, -0.1) is 0 Å². The second kappa shape index (κ2) is 9.27. The van der Waals surface area contributed by atoms with Crippen molar-refractivity contribution < 1.29 is 5.11 Å². The molecule has 5 nitrogen and oxygen atoms in total. The summed E-state index contributed by atoms with van der Waals surface area (Å²) in [5.41, 5.74) is 4.54. The van der Waals surface area contributed by atoms with E-state index in [1.807, 2.05) is 30.3 Å². The van der Waals surface area contributed by atoms with E-state index in [1.54, 1.807) is 12.1 Å². The van der Waals surface area contributed by atoms with Crippen molar-refractivity contribution in [1.29, 1.82) is 0 Å². The average Bonchev–Trinajstić information content (AvgIpc) is 3.33. The number of aromatic nitrogens is 2. The van der Waals surface area contributed by atoms with Crippen LogP contribution in [0.3, 0.4) is 0 Å². The van der Waals surface area contributed by atoms with Crippen LogP contribution in [0, 0.1) is 0 Å². The summed E-state index contributed by atoms with van der Waals surface area (Å²) in [5, 5.41) is 17.6. The van der Waals surface area contributed by atoms with Gasteiger partial charge in [0.05, 0.1) is 5.52 Å². The van der Waals surface area contributed by atoms with Crippen molar-refractivity contribution >= 4 is 22.7 Å². The Balaban J connectivity index is 1.32. The second-order valence-corrected chi connectivity index (χ2v) is 8.56. The van der Waals surface area contributed by atoms with Gasteiger partial charge in [-0.25, -0.2) is 4.98 Å². The van der Waals surface area contributed by atoms with Crippen LogP contribution in [-0.2, 0) is 13.0 Å². The molecular formula is C27H28N4O. The van der Waals surface area contributed by atoms with Crippen LogP contribution in [0.5, 0.6) is 5.75 Å². The lowest BCUT2D eigenvalue weighted by Gasteiger charge is -2.16. The highest BCUT2D eigenvalue weighted by Crippen LogP contribution is 2.27. The molecule has 0 saturated heterocycles. The number of phenolic OH excluding ortho intramolecular Hbond substituents is 1. The van der Waals surface area contributed by atoms with Crippen molar-refractivity contribution in [2.24, 2.45) is 0 Å². The molecule has 0 radical (unpaired) electrons. The van der Waals surface area contributed by atoms with Gasteiger partial charge in [0.25, 0.3) is 0 Å². The van der Waals surface area contributed by atoms with Gasteiger partial charge in [-0.3, -0.25) is 0 Å². The number of nitrogens with zero attached hydrogens (tertiary/aromatic N) is 2. The number of aromatic hydroxyl groups is 1. The number of para-hydroxylation sites is 1. The Morgan fingerprint density at radius 1 is 0.812 bits per heavy atom. The van der Waals surface area contributed by atoms with Gasteiger partial charge in [-0.05, 0) is 60.2 Å². The number of hydrogen-bond donors (Lipinski definition) is 3. The van der Waals surface area contributed by atoms with Crippen LogP contribution in [0.2, 0.25) is 0 Å². The third-order valence-electron chi connectivity index (χ3n) is 6.09. The molecular weight excluding hydrogens is 396 g/mol. The van der Waals surface area contributed by atoms with E-state index in [1.165, 1.54) is 42.4 Å². The molecule has 5 heteroatoms. The number of fused-ring (bicyclic) bond motifs is 1. The first-order chi connectivity index (χ1) is 15.7. The molecule has 1 aliphatic rings. The molecule has 32 heavy (non-hydrogen) atoms. The van der Waals surface area contributed by atoms with E-state index in [0.717, 1.165) is 23.1 Å². The molecule has 0 bridgehead atoms. The van der Waals surface area contributed by atoms with Crippen molar-refractivity contribution in [2.45, 2.75) is 44.7 Å². The van der Waals surface area contributed by atoms with Gasteiger partial charge >= 0.3 is 0 Å². The first kappa shape index (κ1) is 20.3. The van der Waals surface area contributed by atoms with E-state index >= 15 is 0 Å². The molecule has 4 aromatic rings. The number of anilines is 2. The summed E-state index contributed by atoms with van der Waals surface area (Å²) in [6, 6.07) is 24.6. The maximum atomic E-state index is 9.49. The molecule has 0 amide bonds. The topological polar surface area (TPSA) is 70.1 Å². The number of nitrogens with one attached hydrogen (secondary N) is 2. The lowest BCUT2D eigenvalue weighted by atomic mass is 10.0. The summed E-state index contributed by atoms with van der Waals surface area (Å²) < 4.78 is 0. The fourth-order valence-corrected chi connectivity index (χ4v) is 4.41. The molecule has 1 heterocycles. The second-order valence-electron chi connectivity index (χ2n) is 8.56. The zero-order chi connectivity index (χ0) is 21.8. The van der Waals surface area contributed by atoms with Crippen LogP contribution < -0.4 is 10.6 Å². The Labute approximate surface area is 188 Å². The zero-order valence-electron chi connectivity index (χ0n) is 18.1. The van der Waals surface area contributed by atoms with Crippen LogP contribution >= 0.6 is 0 Å². The molecule has 0 unspecified atom stereocenters. The Morgan fingerprint density at radius 2 is 1.59 bits per heavy atom. The Kier molecular flexibility index (Phi) is 5.88. The lowest BCUT2D eigenvalue weighted by molar-refractivity contribution is 0.475. The fraction of sp³-hybridized carbons (Fsp3) is 0.259. The SMILES string of the molecule is Oc1ccc(Cc2cccc(CNc3nc(NC4CCCC4)c4ccccc4n3)c2)cc1. The van der Waals surface area contributed by atoms with Crippen molar-refractivity contribution in [2.75, 3.05) is 10.6 Å². The number of rotatable bonds is 7. The van der Waals surface area contributed by atoms with Crippen LogP contribution in [0.4, 0.5) is 11.8 Å². The van der Waals surface area contributed by atoms with Crippen molar-refractivity contribution in [3.05, 3.63) is 89.5 Å². The maximum absolute atomic E-state index is 9.49. The van der Waals surface area contributed by atoms with Gasteiger partial charge in [-0.1, -0.05) is 61.4 Å². The molecule has 0 atom stereocenters. The summed E-state index contributed by atoms with van der Waals surface area (Å²) in [6.45, 7) is 0.657. The van der Waals surface area contributed by atoms with Crippen molar-refractivity contribution in [3.63, 3.8) is 0 Å². The number of phenols is 1. The van der Waals surface area contributed by atoms with Gasteiger partial charge in [0.1, 0.15) is 11.6 Å². The van der Waals surface area contributed by atoms with E-state index in [-0.39, 0.29) is 0 Å². The molecule has 3 N–H and O–H groups in total. The monoisotopic (exact) mass is 424 g/mol. The Morgan fingerprint density at radius 3 is 2.44 bits per heavy atom. The lowest BCUT2D eigenvalue weighted by Crippen LogP contribution is -2.17. The quantitative estimate of drug-likeness (QED) is 0.345. The van der Waals surface area contributed by atoms with Gasteiger partial charge < -0.3 is 15.7 Å². The average molecular weight is 425 g/mol. The minimum Gasteiger partial charge on any atom is -0.508 e. The summed E-state index contributed by atoms with van der Waals surface area (Å²) in [5.74, 6) is 1.86. The van der Waals surface area contributed by atoms with E-state index < -0.39 is 0 Å². The van der Waals surface area contributed by atoms with Crippen molar-refractivity contribution in [3.8, 4) is 5.75 Å². The molecule has 162 valence electrons. The van der Waals surface area contributed by atoms with E-state index in [2.05, 4.69) is 41.0 Å². The first-order valence-electron chi connectivity index (χ1n) is 11.4. The van der Waals surface area contributed by atoms with Crippen LogP contribution in [0.15, 0.2) is 72.8 Å². The molecule has 0 spiro atoms. The van der Waals surface area contributed by atoms with E-state index in [4.69, 9.17) is 9.97 Å². The predicted molar refractivity (Wildman–Crippen MR) is 130 cm³/mol. The van der Waals surface area contributed by atoms with Crippen LogP contribution in [0.1, 0.15) is 42.4 Å². The molecule has 0 aliphatic heterocycles. The third-order valence-corrected chi connectivity index (χ3v) is 6.09. The molecule has 1 saturated carbocycles. The molecule has 1 aliphatic carbocycles. The van der Waals surface area contributed by atoms with Crippen molar-refractivity contribution in [1.82, 2.24) is 9.97 Å². The minimum absolute atomic E-state index is 0.295. The first-order valence-corrected chi connectivity index (χ1v) is 11.4. The summed E-state index contributed by atoms with van der Waals surface area (Å²) in [6.07, 6.45) is 5.80. The van der Waals surface area contributed by atoms with Crippen LogP contribution in [0.25, 0.3) is 10.9 Å². The Bertz CT molecular complexity index is 1200. The van der Waals surface area contributed by atoms with Gasteiger partial charge in [0.15, 0.2) is 0 Å². The summed E-state index contributed by atoms with van der Waals surface area (Å²) in [7, 11) is 0. The Hall–Kier alpha value is -3.60. The summed E-state index contributed by atoms with van der Waals surface area (Å²) >= 11 is 0. The standard InChI is InChI=1S/C27H28N4O/c32-23-14-12-19(13-15-23)16-20-6-5-7-21(17-20)18-28-27-30-25-11-4-3-10-24(25)26(31-27)29-22-8-1-2-9-22/h3-7,10-15,17,22,32H,1-2,8-9,16,18H2,(H2,28,29,30,31). The minimum atomic E-state index is 0.295. The molecule has 1 aromatic heterocycles. The highest BCUT2D eigenvalue weighted by Gasteiger charge is 2.17. The van der Waals surface area contributed by atoms with E-state index in [9.17, 15) is 5.11 Å². The van der Waals surface area contributed by atoms with Gasteiger partial charge in [0.2, 0.25) is 5.95 Å². The molecule has 1 fully saturated rings. The largest absolute Gasteiger partial charge is 0.508 e. The molecule has 5 rings (SSSR count). The smallest absolute Gasteiger partial charge is 0.225 e. The highest BCUT2D eigenvalue weighted by atomic mass is 16.3. The number of hydrogen-bond acceptors (Lipinski definition) is 5. The summed E-state index contributed by atoms with van der Waals surface area (Å²) in [4.78, 5) is 9.56. The fourth-order valence-electron chi connectivity index (χ4n) is 4.41. The maximum Gasteiger partial charge on any atom is 0.225 e. The molecule has 3 aromatic carbocycles. The normalized spacial score (nSPS) is 14.0. The third kappa shape index (κ3) is 4.83. The van der Waals surface area contributed by atoms with E-state index in [0.29, 0.717) is 24.3 Å². The zero-order valence-corrected chi connectivity index (χ0v) is 18.1. The number of benzene rings is 3. The van der Waals surface area contributed by atoms with Gasteiger partial charge in [0, 0.05) is 18.0 Å². The predicted octanol–water partition coefficient (Wildman–Crippen LogP) is 5.89. The van der Waals surface area contributed by atoms with Gasteiger partial charge in [-0.2, -0.15) is 4.98 Å². The van der Waals surface area contributed by atoms with Crippen LogP contribution in [-0.4, -0.2) is 21.1 Å². The highest BCUT2D eigenvalue weighted by molar-refractivity contribution is 5.90.